The number of sulfonamides is 1. The van der Waals surface area contributed by atoms with Crippen LogP contribution in [0.1, 0.15) is 24.5 Å². The second kappa shape index (κ2) is 7.88. The fraction of sp³-hybridized carbons (Fsp3) is 0.222. The van der Waals surface area contributed by atoms with Crippen molar-refractivity contribution in [3.05, 3.63) is 71.0 Å². The molecule has 136 valence electrons. The van der Waals surface area contributed by atoms with E-state index in [0.717, 1.165) is 24.0 Å². The van der Waals surface area contributed by atoms with E-state index in [1.807, 2.05) is 30.3 Å². The highest BCUT2D eigenvalue weighted by atomic mass is 35.5. The zero-order valence-corrected chi connectivity index (χ0v) is 15.8. The third-order valence-electron chi connectivity index (χ3n) is 3.82. The summed E-state index contributed by atoms with van der Waals surface area (Å²) >= 11 is 6.13. The van der Waals surface area contributed by atoms with Gasteiger partial charge in [-0.25, -0.2) is 17.8 Å². The summed E-state index contributed by atoms with van der Waals surface area (Å²) in [7, 11) is -3.73. The van der Waals surface area contributed by atoms with Gasteiger partial charge in [0.15, 0.2) is 0 Å². The second-order valence-corrected chi connectivity index (χ2v) is 7.95. The first-order valence-electron chi connectivity index (χ1n) is 8.22. The van der Waals surface area contributed by atoms with Crippen molar-refractivity contribution in [2.75, 3.05) is 4.72 Å². The molecule has 0 aliphatic heterocycles. The molecular weight excluding hydrogens is 372 g/mol. The lowest BCUT2D eigenvalue weighted by molar-refractivity contribution is 0.600. The number of nitrogens with zero attached hydrogens (tertiary/aromatic N) is 3. The van der Waals surface area contributed by atoms with Crippen LogP contribution in [0.2, 0.25) is 5.02 Å². The molecule has 26 heavy (non-hydrogen) atoms. The van der Waals surface area contributed by atoms with Gasteiger partial charge in [0.05, 0.1) is 11.4 Å². The summed E-state index contributed by atoms with van der Waals surface area (Å²) in [6.07, 6.45) is 3.39. The molecule has 2 aromatic carbocycles. The molecule has 1 N–H and O–H groups in total. The number of aryl methyl sites for hydroxylation is 1. The van der Waals surface area contributed by atoms with Gasteiger partial charge in [-0.05, 0) is 35.7 Å². The van der Waals surface area contributed by atoms with E-state index in [9.17, 15) is 8.42 Å². The Morgan fingerprint density at radius 3 is 2.54 bits per heavy atom. The Labute approximate surface area is 157 Å². The largest absolute Gasteiger partial charge is 0.264 e. The van der Waals surface area contributed by atoms with Gasteiger partial charge in [-0.3, -0.25) is 0 Å². The minimum Gasteiger partial charge on any atom is -0.246 e. The van der Waals surface area contributed by atoms with Gasteiger partial charge in [0, 0.05) is 5.02 Å². The number of hydrogen-bond acceptors (Lipinski definition) is 4. The van der Waals surface area contributed by atoms with Crippen LogP contribution in [-0.2, 0) is 23.0 Å². The minimum absolute atomic E-state index is 0.0229. The lowest BCUT2D eigenvalue weighted by atomic mass is 10.1. The third-order valence-corrected chi connectivity index (χ3v) is 5.54. The van der Waals surface area contributed by atoms with Crippen LogP contribution in [0.4, 0.5) is 5.95 Å². The average molecular weight is 391 g/mol. The van der Waals surface area contributed by atoms with Crippen LogP contribution in [0.15, 0.2) is 59.8 Å². The molecule has 0 saturated heterocycles. The number of rotatable bonds is 7. The van der Waals surface area contributed by atoms with E-state index < -0.39 is 10.0 Å². The fourth-order valence-electron chi connectivity index (χ4n) is 2.52. The van der Waals surface area contributed by atoms with E-state index in [0.29, 0.717) is 11.6 Å². The molecule has 8 heteroatoms. The standard InChI is InChI=1S/C18H19ClN4O2S/c1-2-5-14-8-10-16(11-9-14)26(24,25)22-18-20-13-23(21-18)12-15-6-3-4-7-17(15)19/h3-4,6-11,13H,2,5,12H2,1H3,(H,21,22). The van der Waals surface area contributed by atoms with Gasteiger partial charge in [-0.2, -0.15) is 4.98 Å². The monoisotopic (exact) mass is 390 g/mol. The Morgan fingerprint density at radius 2 is 1.85 bits per heavy atom. The maximum atomic E-state index is 12.5. The number of anilines is 1. The van der Waals surface area contributed by atoms with E-state index in [4.69, 9.17) is 11.6 Å². The zero-order chi connectivity index (χ0) is 18.6. The van der Waals surface area contributed by atoms with Crippen molar-refractivity contribution in [2.24, 2.45) is 0 Å². The molecule has 0 unspecified atom stereocenters. The molecule has 0 radical (unpaired) electrons. The van der Waals surface area contributed by atoms with Gasteiger partial charge >= 0.3 is 0 Å². The number of hydrogen-bond donors (Lipinski definition) is 1. The first-order chi connectivity index (χ1) is 12.5. The van der Waals surface area contributed by atoms with E-state index in [2.05, 4.69) is 21.7 Å². The Balaban J connectivity index is 1.72. The summed E-state index contributed by atoms with van der Waals surface area (Å²) in [5, 5.41) is 4.78. The second-order valence-electron chi connectivity index (χ2n) is 5.86. The maximum Gasteiger partial charge on any atom is 0.264 e. The predicted molar refractivity (Wildman–Crippen MR) is 102 cm³/mol. The summed E-state index contributed by atoms with van der Waals surface area (Å²) in [4.78, 5) is 4.20. The topological polar surface area (TPSA) is 76.9 Å². The number of halogens is 1. The van der Waals surface area contributed by atoms with E-state index in [1.54, 1.807) is 18.2 Å². The zero-order valence-electron chi connectivity index (χ0n) is 14.3. The summed E-state index contributed by atoms with van der Waals surface area (Å²) in [5.74, 6) is 0.0229. The molecule has 1 heterocycles. The molecule has 0 fully saturated rings. The molecular formula is C18H19ClN4O2S. The molecule has 6 nitrogen and oxygen atoms in total. The molecule has 0 aliphatic rings. The van der Waals surface area contributed by atoms with Gasteiger partial charge in [-0.15, -0.1) is 5.10 Å². The van der Waals surface area contributed by atoms with Crippen molar-refractivity contribution >= 4 is 27.6 Å². The first kappa shape index (κ1) is 18.4. The van der Waals surface area contributed by atoms with Crippen LogP contribution in [0.3, 0.4) is 0 Å². The molecule has 1 aromatic heterocycles. The normalized spacial score (nSPS) is 11.5. The minimum atomic E-state index is -3.73. The van der Waals surface area contributed by atoms with Crippen LogP contribution in [-0.4, -0.2) is 23.2 Å². The molecule has 0 amide bonds. The number of benzene rings is 2. The van der Waals surface area contributed by atoms with Crippen molar-refractivity contribution < 1.29 is 8.42 Å². The summed E-state index contributed by atoms with van der Waals surface area (Å²) in [6.45, 7) is 2.48. The Kier molecular flexibility index (Phi) is 5.58. The van der Waals surface area contributed by atoms with Crippen molar-refractivity contribution in [2.45, 2.75) is 31.2 Å². The van der Waals surface area contributed by atoms with Gasteiger partial charge in [-0.1, -0.05) is 55.3 Å². The number of nitrogens with one attached hydrogen (secondary N) is 1. The molecule has 0 aliphatic carbocycles. The molecule has 3 rings (SSSR count). The van der Waals surface area contributed by atoms with Crippen LogP contribution in [0.25, 0.3) is 0 Å². The Bertz CT molecular complexity index is 984. The van der Waals surface area contributed by atoms with E-state index >= 15 is 0 Å². The van der Waals surface area contributed by atoms with Crippen molar-refractivity contribution in [3.8, 4) is 0 Å². The Morgan fingerprint density at radius 1 is 1.12 bits per heavy atom. The van der Waals surface area contributed by atoms with Crippen LogP contribution < -0.4 is 4.72 Å². The van der Waals surface area contributed by atoms with E-state index in [-0.39, 0.29) is 10.8 Å². The lowest BCUT2D eigenvalue weighted by Crippen LogP contribution is -2.14. The molecule has 0 spiro atoms. The maximum absolute atomic E-state index is 12.5. The highest BCUT2D eigenvalue weighted by Crippen LogP contribution is 2.17. The van der Waals surface area contributed by atoms with Gasteiger partial charge in [0.2, 0.25) is 0 Å². The van der Waals surface area contributed by atoms with Crippen LogP contribution >= 0.6 is 11.6 Å². The third kappa shape index (κ3) is 4.42. The van der Waals surface area contributed by atoms with Crippen LogP contribution in [0, 0.1) is 0 Å². The van der Waals surface area contributed by atoms with Gasteiger partial charge < -0.3 is 0 Å². The Hall–Kier alpha value is -2.38. The smallest absolute Gasteiger partial charge is 0.246 e. The molecule has 0 atom stereocenters. The molecule has 3 aromatic rings. The van der Waals surface area contributed by atoms with Gasteiger partial charge in [0.1, 0.15) is 6.33 Å². The first-order valence-corrected chi connectivity index (χ1v) is 10.1. The summed E-state index contributed by atoms with van der Waals surface area (Å²) in [6, 6.07) is 14.2. The SMILES string of the molecule is CCCc1ccc(S(=O)(=O)Nc2ncn(Cc3ccccc3Cl)n2)cc1. The highest BCUT2D eigenvalue weighted by molar-refractivity contribution is 7.92. The van der Waals surface area contributed by atoms with E-state index in [1.165, 1.54) is 11.0 Å². The summed E-state index contributed by atoms with van der Waals surface area (Å²) < 4.78 is 28.9. The van der Waals surface area contributed by atoms with Gasteiger partial charge in [0.25, 0.3) is 16.0 Å². The summed E-state index contributed by atoms with van der Waals surface area (Å²) in [5.41, 5.74) is 1.98. The molecule has 0 bridgehead atoms. The lowest BCUT2D eigenvalue weighted by Gasteiger charge is -2.06. The van der Waals surface area contributed by atoms with Crippen LogP contribution in [0.5, 0.6) is 0 Å². The quantitative estimate of drug-likeness (QED) is 0.666. The van der Waals surface area contributed by atoms with Crippen molar-refractivity contribution in [3.63, 3.8) is 0 Å². The van der Waals surface area contributed by atoms with Crippen molar-refractivity contribution in [1.29, 1.82) is 0 Å². The predicted octanol–water partition coefficient (Wildman–Crippen LogP) is 3.73. The molecule has 0 saturated carbocycles. The highest BCUT2D eigenvalue weighted by Gasteiger charge is 2.16. The fourth-order valence-corrected chi connectivity index (χ4v) is 3.66. The van der Waals surface area contributed by atoms with Crippen molar-refractivity contribution in [1.82, 2.24) is 14.8 Å². The average Bonchev–Trinajstić information content (AvgIpc) is 3.04. The number of aromatic nitrogens is 3.